The van der Waals surface area contributed by atoms with Crippen molar-refractivity contribution in [3.05, 3.63) is 35.0 Å². The Balaban J connectivity index is 2.81. The van der Waals surface area contributed by atoms with E-state index in [1.165, 1.54) is 0 Å². The van der Waals surface area contributed by atoms with Crippen LogP contribution in [-0.4, -0.2) is 5.11 Å². The first kappa shape index (κ1) is 7.65. The van der Waals surface area contributed by atoms with Gasteiger partial charge in [-0.15, -0.1) is 0 Å². The van der Waals surface area contributed by atoms with Gasteiger partial charge in [-0.3, -0.25) is 0 Å². The van der Waals surface area contributed by atoms with Crippen LogP contribution in [0.1, 0.15) is 5.56 Å². The number of para-hydroxylation sites is 1. The van der Waals surface area contributed by atoms with Crippen molar-refractivity contribution in [2.24, 2.45) is 0 Å². The number of hydrogen-bond donors (Lipinski definition) is 1. The van der Waals surface area contributed by atoms with Crippen LogP contribution in [0, 0.1) is 0 Å². The summed E-state index contributed by atoms with van der Waals surface area (Å²) < 4.78 is 5.20. The lowest BCUT2D eigenvalue weighted by Gasteiger charge is -1.89. The molecule has 1 N–H and O–H groups in total. The smallest absolute Gasteiger partial charge is 0.200 e. The molecule has 2 nitrogen and oxygen atoms in total. The first-order valence-electron chi connectivity index (χ1n) is 3.59. The van der Waals surface area contributed by atoms with Crippen molar-refractivity contribution >= 4 is 22.6 Å². The van der Waals surface area contributed by atoms with Gasteiger partial charge in [0.05, 0.1) is 6.61 Å². The number of halogens is 1. The highest BCUT2D eigenvalue weighted by Crippen LogP contribution is 2.28. The number of rotatable bonds is 1. The maximum atomic E-state index is 8.96. The lowest BCUT2D eigenvalue weighted by atomic mass is 10.2. The Kier molecular flexibility index (Phi) is 1.79. The van der Waals surface area contributed by atoms with Crippen LogP contribution in [0.2, 0.25) is 5.22 Å². The van der Waals surface area contributed by atoms with Crippen molar-refractivity contribution < 1.29 is 9.52 Å². The highest BCUT2D eigenvalue weighted by Gasteiger charge is 2.09. The fourth-order valence-electron chi connectivity index (χ4n) is 1.22. The minimum absolute atomic E-state index is 0.0875. The Bertz CT molecular complexity index is 406. The van der Waals surface area contributed by atoms with E-state index in [4.69, 9.17) is 21.1 Å². The molecule has 3 heteroatoms. The zero-order valence-electron chi connectivity index (χ0n) is 6.25. The average molecular weight is 183 g/mol. The van der Waals surface area contributed by atoms with Crippen LogP contribution in [0.4, 0.5) is 0 Å². The van der Waals surface area contributed by atoms with Crippen LogP contribution >= 0.6 is 11.6 Å². The molecule has 0 saturated carbocycles. The largest absolute Gasteiger partial charge is 0.444 e. The van der Waals surface area contributed by atoms with Crippen molar-refractivity contribution in [1.82, 2.24) is 0 Å². The number of hydrogen-bond acceptors (Lipinski definition) is 2. The molecule has 1 aromatic carbocycles. The molecule has 1 heterocycles. The van der Waals surface area contributed by atoms with E-state index in [9.17, 15) is 0 Å². The Morgan fingerprint density at radius 1 is 1.33 bits per heavy atom. The van der Waals surface area contributed by atoms with E-state index < -0.39 is 0 Å². The molecule has 0 aliphatic carbocycles. The summed E-state index contributed by atoms with van der Waals surface area (Å²) in [5.74, 6) is 0. The molecule has 0 unspecified atom stereocenters. The average Bonchev–Trinajstić information content (AvgIpc) is 2.40. The third kappa shape index (κ3) is 1.00. The highest BCUT2D eigenvalue weighted by atomic mass is 35.5. The van der Waals surface area contributed by atoms with E-state index in [1.54, 1.807) is 0 Å². The van der Waals surface area contributed by atoms with E-state index in [1.807, 2.05) is 24.3 Å². The Morgan fingerprint density at radius 3 is 2.83 bits per heavy atom. The van der Waals surface area contributed by atoms with Gasteiger partial charge >= 0.3 is 0 Å². The van der Waals surface area contributed by atoms with Gasteiger partial charge in [-0.05, 0) is 17.7 Å². The van der Waals surface area contributed by atoms with Crippen LogP contribution in [0.15, 0.2) is 28.7 Å². The van der Waals surface area contributed by atoms with Gasteiger partial charge in [-0.1, -0.05) is 18.2 Å². The normalized spacial score (nSPS) is 10.8. The van der Waals surface area contributed by atoms with Gasteiger partial charge in [0.25, 0.3) is 0 Å². The predicted octanol–water partition coefficient (Wildman–Crippen LogP) is 2.58. The number of fused-ring (bicyclic) bond motifs is 1. The third-order valence-corrected chi connectivity index (χ3v) is 2.11. The van der Waals surface area contributed by atoms with Crippen molar-refractivity contribution in [3.63, 3.8) is 0 Å². The van der Waals surface area contributed by atoms with Gasteiger partial charge in [-0.25, -0.2) is 0 Å². The second-order valence-corrected chi connectivity index (χ2v) is 2.85. The standard InChI is InChI=1S/C9H7ClO2/c10-9-7(5-11)6-3-1-2-4-8(6)12-9/h1-4,11H,5H2. The molecular weight excluding hydrogens is 176 g/mol. The maximum Gasteiger partial charge on any atom is 0.200 e. The van der Waals surface area contributed by atoms with Crippen molar-refractivity contribution in [2.45, 2.75) is 6.61 Å². The molecule has 12 heavy (non-hydrogen) atoms. The van der Waals surface area contributed by atoms with E-state index in [-0.39, 0.29) is 11.8 Å². The Hall–Kier alpha value is -0.990. The lowest BCUT2D eigenvalue weighted by molar-refractivity contribution is 0.282. The molecule has 0 bridgehead atoms. The molecule has 0 aliphatic heterocycles. The fourth-order valence-corrected chi connectivity index (χ4v) is 1.46. The summed E-state index contributed by atoms with van der Waals surface area (Å²) in [6.45, 7) is -0.0875. The number of benzene rings is 1. The molecular formula is C9H7ClO2. The molecule has 0 radical (unpaired) electrons. The summed E-state index contributed by atoms with van der Waals surface area (Å²) in [7, 11) is 0. The molecule has 0 amide bonds. The quantitative estimate of drug-likeness (QED) is 0.736. The number of aliphatic hydroxyl groups excluding tert-OH is 1. The Morgan fingerprint density at radius 2 is 2.08 bits per heavy atom. The summed E-state index contributed by atoms with van der Waals surface area (Å²) in [6.07, 6.45) is 0. The molecule has 0 atom stereocenters. The third-order valence-electron chi connectivity index (χ3n) is 1.81. The van der Waals surface area contributed by atoms with Crippen LogP contribution in [-0.2, 0) is 6.61 Å². The van der Waals surface area contributed by atoms with E-state index in [0.717, 1.165) is 5.39 Å². The minimum atomic E-state index is -0.0875. The van der Waals surface area contributed by atoms with Crippen LogP contribution in [0.5, 0.6) is 0 Å². The zero-order chi connectivity index (χ0) is 8.55. The summed E-state index contributed by atoms with van der Waals surface area (Å²) in [5, 5.41) is 10.1. The van der Waals surface area contributed by atoms with Crippen LogP contribution in [0.25, 0.3) is 11.0 Å². The molecule has 2 rings (SSSR count). The van der Waals surface area contributed by atoms with Gasteiger partial charge in [-0.2, -0.15) is 0 Å². The summed E-state index contributed by atoms with van der Waals surface area (Å²) in [6, 6.07) is 7.44. The second-order valence-electron chi connectivity index (χ2n) is 2.51. The van der Waals surface area contributed by atoms with E-state index in [0.29, 0.717) is 11.1 Å². The predicted molar refractivity (Wildman–Crippen MR) is 47.1 cm³/mol. The van der Waals surface area contributed by atoms with Crippen molar-refractivity contribution in [3.8, 4) is 0 Å². The summed E-state index contributed by atoms with van der Waals surface area (Å²) in [5.41, 5.74) is 1.37. The monoisotopic (exact) mass is 182 g/mol. The van der Waals surface area contributed by atoms with Gasteiger partial charge in [0.1, 0.15) is 5.58 Å². The van der Waals surface area contributed by atoms with E-state index >= 15 is 0 Å². The molecule has 2 aromatic rings. The minimum Gasteiger partial charge on any atom is -0.444 e. The molecule has 1 aromatic heterocycles. The summed E-state index contributed by atoms with van der Waals surface area (Å²) in [4.78, 5) is 0. The highest BCUT2D eigenvalue weighted by molar-refractivity contribution is 6.30. The second kappa shape index (κ2) is 2.81. The van der Waals surface area contributed by atoms with Gasteiger partial charge < -0.3 is 9.52 Å². The molecule has 0 saturated heterocycles. The van der Waals surface area contributed by atoms with E-state index in [2.05, 4.69) is 0 Å². The molecule has 0 fully saturated rings. The summed E-state index contributed by atoms with van der Waals surface area (Å²) >= 11 is 5.74. The topological polar surface area (TPSA) is 33.4 Å². The van der Waals surface area contributed by atoms with Gasteiger partial charge in [0, 0.05) is 10.9 Å². The first-order chi connectivity index (χ1) is 5.83. The van der Waals surface area contributed by atoms with Crippen molar-refractivity contribution in [2.75, 3.05) is 0 Å². The number of aliphatic hydroxyl groups is 1. The number of furan rings is 1. The Labute approximate surface area is 74.4 Å². The molecule has 0 spiro atoms. The fraction of sp³-hybridized carbons (Fsp3) is 0.111. The SMILES string of the molecule is OCc1c(Cl)oc2ccccc12. The van der Waals surface area contributed by atoms with Crippen LogP contribution in [0.3, 0.4) is 0 Å². The zero-order valence-corrected chi connectivity index (χ0v) is 7.01. The molecule has 62 valence electrons. The lowest BCUT2D eigenvalue weighted by Crippen LogP contribution is -1.79. The molecule has 0 aliphatic rings. The first-order valence-corrected chi connectivity index (χ1v) is 3.97. The maximum absolute atomic E-state index is 8.96. The van der Waals surface area contributed by atoms with Gasteiger partial charge in [0.2, 0.25) is 0 Å². The van der Waals surface area contributed by atoms with Gasteiger partial charge in [0.15, 0.2) is 5.22 Å². The van der Waals surface area contributed by atoms with Crippen molar-refractivity contribution in [1.29, 1.82) is 0 Å². The van der Waals surface area contributed by atoms with Crippen LogP contribution < -0.4 is 0 Å².